The highest BCUT2D eigenvalue weighted by Gasteiger charge is 2.23. The fraction of sp³-hybridized carbons (Fsp3) is 0.625. The van der Waals surface area contributed by atoms with E-state index in [2.05, 4.69) is 4.90 Å². The van der Waals surface area contributed by atoms with Crippen LogP contribution in [0.1, 0.15) is 38.2 Å². The maximum atomic E-state index is 13.7. The Bertz CT molecular complexity index is 436. The van der Waals surface area contributed by atoms with E-state index in [9.17, 15) is 9.50 Å². The molecular formula is C16H24FNO2. The van der Waals surface area contributed by atoms with E-state index in [0.29, 0.717) is 6.04 Å². The molecule has 2 rings (SSSR count). The zero-order valence-corrected chi connectivity index (χ0v) is 12.3. The minimum atomic E-state index is -0.311. The molecule has 1 aliphatic rings. The van der Waals surface area contributed by atoms with Crippen molar-refractivity contribution >= 4 is 0 Å². The Morgan fingerprint density at radius 3 is 2.90 bits per heavy atom. The van der Waals surface area contributed by atoms with Gasteiger partial charge in [-0.3, -0.25) is 4.90 Å². The number of piperidine rings is 1. The third-order valence-electron chi connectivity index (χ3n) is 3.96. The summed E-state index contributed by atoms with van der Waals surface area (Å²) in [5.74, 6) is -0.0259. The molecule has 0 bridgehead atoms. The van der Waals surface area contributed by atoms with Gasteiger partial charge in [-0.2, -0.15) is 0 Å². The fourth-order valence-electron chi connectivity index (χ4n) is 2.97. The zero-order chi connectivity index (χ0) is 14.5. The van der Waals surface area contributed by atoms with Crippen molar-refractivity contribution in [3.63, 3.8) is 0 Å². The van der Waals surface area contributed by atoms with E-state index in [0.717, 1.165) is 31.5 Å². The summed E-state index contributed by atoms with van der Waals surface area (Å²) in [5, 5.41) is 9.60. The van der Waals surface area contributed by atoms with Gasteiger partial charge in [-0.05, 0) is 50.4 Å². The minimum Gasteiger partial charge on any atom is -0.494 e. The molecule has 0 saturated carbocycles. The average molecular weight is 281 g/mol. The van der Waals surface area contributed by atoms with Crippen molar-refractivity contribution in [1.29, 1.82) is 0 Å². The smallest absolute Gasteiger partial charge is 0.165 e. The van der Waals surface area contributed by atoms with Crippen LogP contribution in [0.25, 0.3) is 0 Å². The molecule has 1 saturated heterocycles. The van der Waals surface area contributed by atoms with Gasteiger partial charge in [-0.1, -0.05) is 12.5 Å². The van der Waals surface area contributed by atoms with Crippen molar-refractivity contribution in [3.8, 4) is 5.75 Å². The molecule has 4 heteroatoms. The van der Waals surface area contributed by atoms with Crippen molar-refractivity contribution in [2.45, 2.75) is 51.3 Å². The highest BCUT2D eigenvalue weighted by molar-refractivity contribution is 5.29. The summed E-state index contributed by atoms with van der Waals surface area (Å²) < 4.78 is 18.7. The van der Waals surface area contributed by atoms with Crippen LogP contribution in [0.2, 0.25) is 0 Å². The number of halogens is 1. The first-order chi connectivity index (χ1) is 9.60. The third-order valence-corrected chi connectivity index (χ3v) is 3.96. The molecule has 112 valence electrons. The molecule has 0 radical (unpaired) electrons. The molecule has 0 aliphatic carbocycles. The summed E-state index contributed by atoms with van der Waals surface area (Å²) in [6.45, 7) is 3.59. The maximum Gasteiger partial charge on any atom is 0.165 e. The second-order valence-electron chi connectivity index (χ2n) is 5.67. The Labute approximate surface area is 120 Å². The first-order valence-electron chi connectivity index (χ1n) is 7.34. The lowest BCUT2D eigenvalue weighted by molar-refractivity contribution is 0.0817. The summed E-state index contributed by atoms with van der Waals surface area (Å²) in [7, 11) is 1.47. The molecule has 0 amide bonds. The maximum absolute atomic E-state index is 13.7. The van der Waals surface area contributed by atoms with Gasteiger partial charge in [0.1, 0.15) is 0 Å². The van der Waals surface area contributed by atoms with Gasteiger partial charge in [-0.15, -0.1) is 0 Å². The van der Waals surface area contributed by atoms with E-state index in [1.165, 1.54) is 20.0 Å². The second-order valence-corrected chi connectivity index (χ2v) is 5.67. The number of hydrogen-bond donors (Lipinski definition) is 1. The van der Waals surface area contributed by atoms with E-state index in [1.807, 2.05) is 13.0 Å². The van der Waals surface area contributed by atoms with Gasteiger partial charge in [-0.25, -0.2) is 4.39 Å². The predicted molar refractivity (Wildman–Crippen MR) is 77.3 cm³/mol. The monoisotopic (exact) mass is 281 g/mol. The standard InChI is InChI=1S/C16H24FNO2/c1-12(19)9-14-5-3-4-8-18(14)11-13-6-7-16(20-2)15(17)10-13/h6-7,10,12,14,19H,3-5,8-9,11H2,1-2H3. The van der Waals surface area contributed by atoms with Crippen molar-refractivity contribution in [2.75, 3.05) is 13.7 Å². The fourth-order valence-corrected chi connectivity index (χ4v) is 2.97. The number of ether oxygens (including phenoxy) is 1. The molecule has 1 fully saturated rings. The van der Waals surface area contributed by atoms with Crippen LogP contribution in [0.4, 0.5) is 4.39 Å². The van der Waals surface area contributed by atoms with Crippen molar-refractivity contribution in [1.82, 2.24) is 4.90 Å². The summed E-state index contributed by atoms with van der Waals surface area (Å²) in [5.41, 5.74) is 0.959. The molecule has 3 nitrogen and oxygen atoms in total. The molecule has 2 unspecified atom stereocenters. The van der Waals surface area contributed by atoms with Gasteiger partial charge < -0.3 is 9.84 Å². The van der Waals surface area contributed by atoms with E-state index >= 15 is 0 Å². The highest BCUT2D eigenvalue weighted by atomic mass is 19.1. The van der Waals surface area contributed by atoms with E-state index < -0.39 is 0 Å². The largest absolute Gasteiger partial charge is 0.494 e. The van der Waals surface area contributed by atoms with Crippen LogP contribution in [-0.4, -0.2) is 35.8 Å². The molecule has 1 heterocycles. The Morgan fingerprint density at radius 1 is 1.45 bits per heavy atom. The van der Waals surface area contributed by atoms with Crippen molar-refractivity contribution in [2.24, 2.45) is 0 Å². The number of aliphatic hydroxyl groups excluding tert-OH is 1. The Kier molecular flexibility index (Phi) is 5.38. The van der Waals surface area contributed by atoms with Gasteiger partial charge in [0.15, 0.2) is 11.6 Å². The molecule has 1 aliphatic heterocycles. The topological polar surface area (TPSA) is 32.7 Å². The number of rotatable bonds is 5. The second kappa shape index (κ2) is 7.04. The van der Waals surface area contributed by atoms with E-state index in [-0.39, 0.29) is 17.7 Å². The molecule has 1 N–H and O–H groups in total. The Hall–Kier alpha value is -1.13. The minimum absolute atomic E-state index is 0.284. The van der Waals surface area contributed by atoms with Crippen LogP contribution in [0.5, 0.6) is 5.75 Å². The molecule has 0 spiro atoms. The number of hydrogen-bond acceptors (Lipinski definition) is 3. The Morgan fingerprint density at radius 2 is 2.25 bits per heavy atom. The average Bonchev–Trinajstić information content (AvgIpc) is 2.41. The van der Waals surface area contributed by atoms with E-state index in [4.69, 9.17) is 4.74 Å². The molecule has 1 aromatic rings. The number of nitrogens with zero attached hydrogens (tertiary/aromatic N) is 1. The lowest BCUT2D eigenvalue weighted by atomic mass is 9.96. The van der Waals surface area contributed by atoms with Gasteiger partial charge in [0.25, 0.3) is 0 Å². The van der Waals surface area contributed by atoms with Crippen LogP contribution < -0.4 is 4.74 Å². The summed E-state index contributed by atoms with van der Waals surface area (Å²) in [6, 6.07) is 5.54. The van der Waals surface area contributed by atoms with Crippen LogP contribution in [0.3, 0.4) is 0 Å². The SMILES string of the molecule is COc1ccc(CN2CCCCC2CC(C)O)cc1F. The van der Waals surface area contributed by atoms with E-state index in [1.54, 1.807) is 12.1 Å². The summed E-state index contributed by atoms with van der Waals surface area (Å²) in [6.07, 6.45) is 4.01. The summed E-state index contributed by atoms with van der Waals surface area (Å²) >= 11 is 0. The lowest BCUT2D eigenvalue weighted by Gasteiger charge is -2.36. The zero-order valence-electron chi connectivity index (χ0n) is 12.3. The van der Waals surface area contributed by atoms with Gasteiger partial charge >= 0.3 is 0 Å². The number of methoxy groups -OCH3 is 1. The third kappa shape index (κ3) is 3.93. The first kappa shape index (κ1) is 15.3. The molecule has 1 aromatic carbocycles. The summed E-state index contributed by atoms with van der Waals surface area (Å²) in [4.78, 5) is 2.36. The van der Waals surface area contributed by atoms with Crippen LogP contribution in [-0.2, 0) is 6.54 Å². The number of likely N-dealkylation sites (tertiary alicyclic amines) is 1. The first-order valence-corrected chi connectivity index (χ1v) is 7.34. The highest BCUT2D eigenvalue weighted by Crippen LogP contribution is 2.24. The normalized spacial score (nSPS) is 21.7. The molecule has 0 aromatic heterocycles. The molecule has 2 atom stereocenters. The number of benzene rings is 1. The van der Waals surface area contributed by atoms with Crippen molar-refractivity contribution < 1.29 is 14.2 Å². The Balaban J connectivity index is 2.04. The van der Waals surface area contributed by atoms with Crippen molar-refractivity contribution in [3.05, 3.63) is 29.6 Å². The predicted octanol–water partition coefficient (Wildman–Crippen LogP) is 2.96. The molecule has 20 heavy (non-hydrogen) atoms. The van der Waals surface area contributed by atoms with Gasteiger partial charge in [0.2, 0.25) is 0 Å². The van der Waals surface area contributed by atoms with Crippen LogP contribution >= 0.6 is 0 Å². The van der Waals surface area contributed by atoms with Gasteiger partial charge in [0.05, 0.1) is 13.2 Å². The quantitative estimate of drug-likeness (QED) is 0.900. The van der Waals surface area contributed by atoms with Gasteiger partial charge in [0, 0.05) is 12.6 Å². The number of aliphatic hydroxyl groups is 1. The molecular weight excluding hydrogens is 257 g/mol. The lowest BCUT2D eigenvalue weighted by Crippen LogP contribution is -2.40. The van der Waals surface area contributed by atoms with Crippen LogP contribution in [0, 0.1) is 5.82 Å². The van der Waals surface area contributed by atoms with Crippen LogP contribution in [0.15, 0.2) is 18.2 Å².